The van der Waals surface area contributed by atoms with E-state index in [1.165, 1.54) is 26.0 Å². The molecule has 0 radical (unpaired) electrons. The number of carbonyl (C=O) groups is 3. The van der Waals surface area contributed by atoms with E-state index in [4.69, 9.17) is 21.1 Å². The van der Waals surface area contributed by atoms with Gasteiger partial charge in [0.05, 0.1) is 0 Å². The number of rotatable bonds is 3. The Hall–Kier alpha value is -1.88. The van der Waals surface area contributed by atoms with Crippen LogP contribution in [-0.2, 0) is 9.59 Å². The lowest BCUT2D eigenvalue weighted by molar-refractivity contribution is -0.132. The number of carbonyl (C=O) groups excluding carboxylic acids is 3. The number of hydrogen-bond acceptors (Lipinski definition) is 5. The monoisotopic (exact) mass is 270 g/mol. The molecule has 0 aliphatic heterocycles. The van der Waals surface area contributed by atoms with Gasteiger partial charge in [-0.15, -0.1) is 0 Å². The van der Waals surface area contributed by atoms with Crippen molar-refractivity contribution in [1.82, 2.24) is 0 Å². The van der Waals surface area contributed by atoms with Gasteiger partial charge in [0.2, 0.25) is 0 Å². The molecule has 0 saturated carbocycles. The summed E-state index contributed by atoms with van der Waals surface area (Å²) in [6.45, 7) is 4.04. The second kappa shape index (κ2) is 5.64. The second-order valence-electron chi connectivity index (χ2n) is 3.56. The highest BCUT2D eigenvalue weighted by molar-refractivity contribution is 6.67. The Morgan fingerprint density at radius 2 is 1.39 bits per heavy atom. The van der Waals surface area contributed by atoms with Crippen LogP contribution in [0.1, 0.15) is 29.8 Å². The van der Waals surface area contributed by atoms with Gasteiger partial charge in [0.15, 0.2) is 0 Å². The maximum atomic E-state index is 11.1. The van der Waals surface area contributed by atoms with E-state index in [9.17, 15) is 14.4 Å². The van der Waals surface area contributed by atoms with E-state index in [1.807, 2.05) is 0 Å². The van der Waals surface area contributed by atoms with Gasteiger partial charge in [-0.25, -0.2) is 0 Å². The molecule has 0 aromatic heterocycles. The number of benzene rings is 1. The molecule has 5 nitrogen and oxygen atoms in total. The fourth-order valence-electron chi connectivity index (χ4n) is 1.30. The topological polar surface area (TPSA) is 69.7 Å². The average molecular weight is 271 g/mol. The fraction of sp³-hybridized carbons (Fsp3) is 0.250. The standard InChI is InChI=1S/C12H11ClO5/c1-6-10(17-7(2)14)4-9(12(13)16)5-11(6)18-8(3)15/h4-5H,1-3H3. The molecule has 0 saturated heterocycles. The molecule has 0 bridgehead atoms. The van der Waals surface area contributed by atoms with Gasteiger partial charge in [-0.05, 0) is 30.7 Å². The van der Waals surface area contributed by atoms with E-state index in [-0.39, 0.29) is 17.1 Å². The predicted molar refractivity (Wildman–Crippen MR) is 64.0 cm³/mol. The van der Waals surface area contributed by atoms with Crippen molar-refractivity contribution in [3.8, 4) is 11.5 Å². The molecule has 1 rings (SSSR count). The summed E-state index contributed by atoms with van der Waals surface area (Å²) in [4.78, 5) is 33.0. The lowest BCUT2D eigenvalue weighted by Crippen LogP contribution is -2.08. The third-order valence-electron chi connectivity index (χ3n) is 2.05. The van der Waals surface area contributed by atoms with Crippen molar-refractivity contribution in [2.45, 2.75) is 20.8 Å². The van der Waals surface area contributed by atoms with E-state index in [1.54, 1.807) is 6.92 Å². The van der Waals surface area contributed by atoms with Gasteiger partial charge in [0, 0.05) is 25.0 Å². The van der Waals surface area contributed by atoms with Crippen molar-refractivity contribution in [2.75, 3.05) is 0 Å². The summed E-state index contributed by atoms with van der Waals surface area (Å²) >= 11 is 5.35. The summed E-state index contributed by atoms with van der Waals surface area (Å²) in [5.41, 5.74) is 0.511. The van der Waals surface area contributed by atoms with Crippen molar-refractivity contribution in [1.29, 1.82) is 0 Å². The normalized spacial score (nSPS) is 9.78. The maximum Gasteiger partial charge on any atom is 0.308 e. The van der Waals surface area contributed by atoms with Gasteiger partial charge in [-0.1, -0.05) is 0 Å². The minimum Gasteiger partial charge on any atom is -0.426 e. The van der Waals surface area contributed by atoms with E-state index in [2.05, 4.69) is 0 Å². The molecule has 6 heteroatoms. The number of hydrogen-bond donors (Lipinski definition) is 0. The molecular weight excluding hydrogens is 260 g/mol. The molecule has 0 N–H and O–H groups in total. The summed E-state index contributed by atoms with van der Waals surface area (Å²) in [6.07, 6.45) is 0. The largest absolute Gasteiger partial charge is 0.426 e. The minimum absolute atomic E-state index is 0.0785. The van der Waals surface area contributed by atoms with Gasteiger partial charge >= 0.3 is 11.9 Å². The van der Waals surface area contributed by atoms with Crippen LogP contribution in [0.2, 0.25) is 0 Å². The van der Waals surface area contributed by atoms with E-state index in [0.29, 0.717) is 5.56 Å². The minimum atomic E-state index is -0.739. The molecule has 0 fully saturated rings. The zero-order valence-corrected chi connectivity index (χ0v) is 10.8. The van der Waals surface area contributed by atoms with Crippen molar-refractivity contribution < 1.29 is 23.9 Å². The Labute approximate surface area is 109 Å². The van der Waals surface area contributed by atoms with Gasteiger partial charge in [-0.2, -0.15) is 0 Å². The third kappa shape index (κ3) is 3.56. The molecule has 0 spiro atoms. The Kier molecular flexibility index (Phi) is 4.44. The molecule has 0 aliphatic rings. The molecule has 0 aliphatic carbocycles. The third-order valence-corrected chi connectivity index (χ3v) is 2.26. The molecule has 0 atom stereocenters. The number of esters is 2. The van der Waals surface area contributed by atoms with Crippen molar-refractivity contribution >= 4 is 28.8 Å². The van der Waals surface area contributed by atoms with Crippen LogP contribution < -0.4 is 9.47 Å². The first-order valence-corrected chi connectivity index (χ1v) is 5.40. The zero-order valence-electron chi connectivity index (χ0n) is 10.1. The maximum absolute atomic E-state index is 11.1. The van der Waals surface area contributed by atoms with Crippen LogP contribution in [0.15, 0.2) is 12.1 Å². The highest BCUT2D eigenvalue weighted by Crippen LogP contribution is 2.30. The predicted octanol–water partition coefficient (Wildman–Crippen LogP) is 2.22. The second-order valence-corrected chi connectivity index (χ2v) is 3.90. The summed E-state index contributed by atoms with van der Waals surface area (Å²) in [5, 5.41) is -0.739. The average Bonchev–Trinajstić information content (AvgIpc) is 2.22. The van der Waals surface area contributed by atoms with Gasteiger partial charge in [0.25, 0.3) is 5.24 Å². The van der Waals surface area contributed by atoms with Crippen LogP contribution in [0.5, 0.6) is 11.5 Å². The van der Waals surface area contributed by atoms with E-state index in [0.717, 1.165) is 0 Å². The van der Waals surface area contributed by atoms with Crippen LogP contribution in [0.3, 0.4) is 0 Å². The quantitative estimate of drug-likeness (QED) is 0.478. The zero-order chi connectivity index (χ0) is 13.9. The lowest BCUT2D eigenvalue weighted by atomic mass is 10.1. The summed E-state index contributed by atoms with van der Waals surface area (Å²) in [6, 6.07) is 2.64. The number of halogens is 1. The molecule has 0 unspecified atom stereocenters. The molecule has 0 amide bonds. The SMILES string of the molecule is CC(=O)Oc1cc(C(=O)Cl)cc(OC(C)=O)c1C. The molecule has 18 heavy (non-hydrogen) atoms. The lowest BCUT2D eigenvalue weighted by Gasteiger charge is -2.11. The first-order valence-electron chi connectivity index (χ1n) is 5.02. The van der Waals surface area contributed by atoms with Crippen molar-refractivity contribution in [2.24, 2.45) is 0 Å². The van der Waals surface area contributed by atoms with Crippen LogP contribution in [0.4, 0.5) is 0 Å². The highest BCUT2D eigenvalue weighted by atomic mass is 35.5. The molecule has 96 valence electrons. The van der Waals surface area contributed by atoms with Crippen molar-refractivity contribution in [3.63, 3.8) is 0 Å². The van der Waals surface area contributed by atoms with Crippen LogP contribution in [0, 0.1) is 6.92 Å². The first kappa shape index (κ1) is 14.2. The summed E-state index contributed by atoms with van der Waals surface area (Å²) in [7, 11) is 0. The summed E-state index contributed by atoms with van der Waals surface area (Å²) < 4.78 is 9.83. The van der Waals surface area contributed by atoms with E-state index >= 15 is 0 Å². The fourth-order valence-corrected chi connectivity index (χ4v) is 1.41. The van der Waals surface area contributed by atoms with Gasteiger partial charge < -0.3 is 9.47 Å². The Bertz CT molecular complexity index is 484. The van der Waals surface area contributed by atoms with Gasteiger partial charge in [-0.3, -0.25) is 14.4 Å². The molecule has 1 aromatic rings. The molecule has 0 heterocycles. The highest BCUT2D eigenvalue weighted by Gasteiger charge is 2.15. The molecular formula is C12H11ClO5. The number of ether oxygens (including phenoxy) is 2. The van der Waals surface area contributed by atoms with Gasteiger partial charge in [0.1, 0.15) is 11.5 Å². The van der Waals surface area contributed by atoms with Crippen LogP contribution in [0.25, 0.3) is 0 Å². The van der Waals surface area contributed by atoms with E-state index < -0.39 is 17.2 Å². The van der Waals surface area contributed by atoms with Crippen LogP contribution >= 0.6 is 11.6 Å². The first-order chi connectivity index (χ1) is 8.31. The Balaban J connectivity index is 3.32. The van der Waals surface area contributed by atoms with Crippen LogP contribution in [-0.4, -0.2) is 17.2 Å². The molecule has 1 aromatic carbocycles. The van der Waals surface area contributed by atoms with Crippen molar-refractivity contribution in [3.05, 3.63) is 23.3 Å². The Morgan fingerprint density at radius 1 is 1.00 bits per heavy atom. The summed E-state index contributed by atoms with van der Waals surface area (Å²) in [5.74, 6) is -0.840. The Morgan fingerprint density at radius 3 is 1.67 bits per heavy atom. The smallest absolute Gasteiger partial charge is 0.308 e.